The minimum atomic E-state index is -0.274. The van der Waals surface area contributed by atoms with E-state index >= 15 is 0 Å². The van der Waals surface area contributed by atoms with Crippen molar-refractivity contribution in [2.45, 2.75) is 57.9 Å². The van der Waals surface area contributed by atoms with Crippen molar-refractivity contribution in [1.82, 2.24) is 9.55 Å². The zero-order chi connectivity index (χ0) is 20.7. The number of rotatable bonds is 2. The van der Waals surface area contributed by atoms with Crippen LogP contribution in [0.4, 0.5) is 5.00 Å². The number of benzene rings is 1. The number of thiophene rings is 1. The molecule has 0 radical (unpaired) electrons. The Morgan fingerprint density at radius 3 is 2.83 bits per heavy atom. The molecule has 0 fully saturated rings. The monoisotopic (exact) mass is 418 g/mol. The number of aromatic nitrogens is 2. The topological polar surface area (TPSA) is 87.8 Å². The molecule has 0 saturated heterocycles. The van der Waals surface area contributed by atoms with Crippen LogP contribution in [0.5, 0.6) is 0 Å². The molecule has 0 bridgehead atoms. The number of anilines is 1. The maximum atomic E-state index is 12.9. The second kappa shape index (κ2) is 7.69. The number of aryl methyl sites for hydroxylation is 2. The minimum absolute atomic E-state index is 0.0263. The number of carbonyl (C=O) groups is 1. The van der Waals surface area contributed by atoms with Gasteiger partial charge < -0.3 is 5.32 Å². The summed E-state index contributed by atoms with van der Waals surface area (Å²) >= 11 is 1.51. The highest BCUT2D eigenvalue weighted by molar-refractivity contribution is 7.16. The molecule has 0 spiro atoms. The van der Waals surface area contributed by atoms with Crippen molar-refractivity contribution in [3.63, 3.8) is 0 Å². The van der Waals surface area contributed by atoms with Crippen LogP contribution in [0.1, 0.15) is 64.3 Å². The van der Waals surface area contributed by atoms with E-state index in [4.69, 9.17) is 4.98 Å². The quantitative estimate of drug-likeness (QED) is 0.676. The number of hydrogen-bond acceptors (Lipinski definition) is 5. The molecule has 3 aromatic rings. The van der Waals surface area contributed by atoms with Crippen LogP contribution in [0, 0.1) is 11.3 Å². The molecule has 2 aromatic heterocycles. The van der Waals surface area contributed by atoms with Crippen molar-refractivity contribution >= 4 is 33.1 Å². The molecule has 5 rings (SSSR count). The summed E-state index contributed by atoms with van der Waals surface area (Å²) in [5.74, 6) is 0.532. The van der Waals surface area contributed by atoms with Crippen molar-refractivity contribution in [1.29, 1.82) is 5.26 Å². The first kappa shape index (κ1) is 19.0. The van der Waals surface area contributed by atoms with Crippen LogP contribution in [0.3, 0.4) is 0 Å². The zero-order valence-electron chi connectivity index (χ0n) is 16.7. The number of nitrogens with one attached hydrogen (secondary N) is 1. The van der Waals surface area contributed by atoms with E-state index in [1.165, 1.54) is 16.2 Å². The van der Waals surface area contributed by atoms with Crippen LogP contribution in [-0.4, -0.2) is 15.5 Å². The molecule has 3 heterocycles. The average molecular weight is 419 g/mol. The molecule has 152 valence electrons. The summed E-state index contributed by atoms with van der Waals surface area (Å²) in [6, 6.07) is 7.34. The third-order valence-corrected chi connectivity index (χ3v) is 7.30. The molecule has 1 aliphatic heterocycles. The third kappa shape index (κ3) is 3.21. The largest absolute Gasteiger partial charge is 0.312 e. The van der Waals surface area contributed by atoms with Gasteiger partial charge in [-0.25, -0.2) is 4.98 Å². The minimum Gasteiger partial charge on any atom is -0.312 e. The van der Waals surface area contributed by atoms with Crippen molar-refractivity contribution in [3.8, 4) is 6.07 Å². The number of hydrogen-bond donors (Lipinski definition) is 1. The van der Waals surface area contributed by atoms with Crippen LogP contribution in [0.15, 0.2) is 23.0 Å². The van der Waals surface area contributed by atoms with E-state index in [0.29, 0.717) is 33.6 Å². The number of nitriles is 1. The Morgan fingerprint density at radius 2 is 1.97 bits per heavy atom. The van der Waals surface area contributed by atoms with Gasteiger partial charge in [-0.05, 0) is 62.3 Å². The lowest BCUT2D eigenvalue weighted by atomic mass is 9.96. The van der Waals surface area contributed by atoms with Crippen molar-refractivity contribution < 1.29 is 4.79 Å². The zero-order valence-corrected chi connectivity index (χ0v) is 17.5. The van der Waals surface area contributed by atoms with Crippen LogP contribution in [0.25, 0.3) is 10.9 Å². The van der Waals surface area contributed by atoms with E-state index < -0.39 is 0 Å². The van der Waals surface area contributed by atoms with Gasteiger partial charge in [0.15, 0.2) is 0 Å². The van der Waals surface area contributed by atoms with E-state index in [1.807, 2.05) is 0 Å². The summed E-state index contributed by atoms with van der Waals surface area (Å²) in [6.45, 7) is 0.708. The fraction of sp³-hybridized carbons (Fsp3) is 0.391. The highest BCUT2D eigenvalue weighted by atomic mass is 32.1. The molecule has 1 aromatic carbocycles. The maximum absolute atomic E-state index is 12.9. The Morgan fingerprint density at radius 1 is 1.13 bits per heavy atom. The van der Waals surface area contributed by atoms with E-state index in [0.717, 1.165) is 62.8 Å². The third-order valence-electron chi connectivity index (χ3n) is 6.09. The molecule has 0 atom stereocenters. The summed E-state index contributed by atoms with van der Waals surface area (Å²) in [5.41, 5.74) is 2.68. The van der Waals surface area contributed by atoms with Gasteiger partial charge in [-0.2, -0.15) is 5.26 Å². The predicted molar refractivity (Wildman–Crippen MR) is 117 cm³/mol. The Hall–Kier alpha value is -2.98. The summed E-state index contributed by atoms with van der Waals surface area (Å²) in [6.07, 6.45) is 7.99. The lowest BCUT2D eigenvalue weighted by Crippen LogP contribution is -2.24. The van der Waals surface area contributed by atoms with Crippen LogP contribution in [-0.2, 0) is 25.8 Å². The Bertz CT molecular complexity index is 1260. The van der Waals surface area contributed by atoms with E-state index in [2.05, 4.69) is 11.4 Å². The Labute approximate surface area is 178 Å². The molecule has 1 aliphatic carbocycles. The normalized spacial score (nSPS) is 15.7. The lowest BCUT2D eigenvalue weighted by Gasteiger charge is -2.11. The summed E-state index contributed by atoms with van der Waals surface area (Å²) in [4.78, 5) is 31.7. The first-order chi connectivity index (χ1) is 14.7. The fourth-order valence-electron chi connectivity index (χ4n) is 4.51. The number of amides is 1. The number of carbonyl (C=O) groups excluding carboxylic acids is 1. The fourth-order valence-corrected chi connectivity index (χ4v) is 5.74. The first-order valence-electron chi connectivity index (χ1n) is 10.5. The van der Waals surface area contributed by atoms with Gasteiger partial charge in [0, 0.05) is 23.4 Å². The summed E-state index contributed by atoms with van der Waals surface area (Å²) < 4.78 is 1.78. The highest BCUT2D eigenvalue weighted by Crippen LogP contribution is 2.37. The molecular formula is C23H22N4O2S. The van der Waals surface area contributed by atoms with Crippen LogP contribution < -0.4 is 10.9 Å². The summed E-state index contributed by atoms with van der Waals surface area (Å²) in [7, 11) is 0. The second-order valence-electron chi connectivity index (χ2n) is 8.01. The molecule has 7 heteroatoms. The molecule has 0 saturated carbocycles. The van der Waals surface area contributed by atoms with Crippen molar-refractivity contribution in [2.75, 3.05) is 5.32 Å². The standard InChI is InChI=1S/C23H22N4O2S/c24-13-17-15-6-3-4-7-19(15)30-22(17)26-21(28)14-9-10-16-18(12-14)25-20-8-2-1-5-11-27(20)23(16)29/h9-10,12H,1-8,11H2,(H,26,28). The van der Waals surface area contributed by atoms with Gasteiger partial charge >= 0.3 is 0 Å². The highest BCUT2D eigenvalue weighted by Gasteiger charge is 2.22. The van der Waals surface area contributed by atoms with E-state index in [-0.39, 0.29) is 11.5 Å². The molecule has 1 N–H and O–H groups in total. The van der Waals surface area contributed by atoms with Gasteiger partial charge in [0.05, 0.1) is 16.5 Å². The first-order valence-corrected chi connectivity index (χ1v) is 11.4. The van der Waals surface area contributed by atoms with Gasteiger partial charge in [0.2, 0.25) is 0 Å². The second-order valence-corrected chi connectivity index (χ2v) is 9.11. The SMILES string of the molecule is N#Cc1c(NC(=O)c2ccc3c(=O)n4c(nc3c2)CCCCC4)sc2c1CCCC2. The summed E-state index contributed by atoms with van der Waals surface area (Å²) in [5, 5.41) is 13.7. The predicted octanol–water partition coefficient (Wildman–Crippen LogP) is 4.19. The van der Waals surface area contributed by atoms with Gasteiger partial charge in [-0.3, -0.25) is 14.2 Å². The molecule has 0 unspecified atom stereocenters. The number of nitrogens with zero attached hydrogens (tertiary/aromatic N) is 3. The Balaban J connectivity index is 1.49. The Kier molecular flexibility index (Phi) is 4.87. The van der Waals surface area contributed by atoms with Crippen LogP contribution >= 0.6 is 11.3 Å². The van der Waals surface area contributed by atoms with Gasteiger partial charge in [0.1, 0.15) is 16.9 Å². The molecule has 6 nitrogen and oxygen atoms in total. The molecule has 1 amide bonds. The molecular weight excluding hydrogens is 396 g/mol. The molecule has 2 aliphatic rings. The van der Waals surface area contributed by atoms with E-state index in [1.54, 1.807) is 22.8 Å². The van der Waals surface area contributed by atoms with Gasteiger partial charge in [-0.15, -0.1) is 11.3 Å². The maximum Gasteiger partial charge on any atom is 0.261 e. The van der Waals surface area contributed by atoms with Crippen molar-refractivity contribution in [3.05, 3.63) is 55.9 Å². The molecule has 30 heavy (non-hydrogen) atoms. The van der Waals surface area contributed by atoms with Gasteiger partial charge in [0.25, 0.3) is 11.5 Å². The van der Waals surface area contributed by atoms with Crippen molar-refractivity contribution in [2.24, 2.45) is 0 Å². The smallest absolute Gasteiger partial charge is 0.261 e. The van der Waals surface area contributed by atoms with Crippen LogP contribution in [0.2, 0.25) is 0 Å². The van der Waals surface area contributed by atoms with E-state index in [9.17, 15) is 14.9 Å². The lowest BCUT2D eigenvalue weighted by molar-refractivity contribution is 0.102. The van der Waals surface area contributed by atoms with Gasteiger partial charge in [-0.1, -0.05) is 6.42 Å². The average Bonchev–Trinajstić information content (AvgIpc) is 2.93. The number of fused-ring (bicyclic) bond motifs is 3.